The summed E-state index contributed by atoms with van der Waals surface area (Å²) >= 11 is 1.87. The van der Waals surface area contributed by atoms with Gasteiger partial charge in [0.15, 0.2) is 0 Å². The van der Waals surface area contributed by atoms with Gasteiger partial charge in [-0.1, -0.05) is 217 Å². The van der Waals surface area contributed by atoms with E-state index in [2.05, 4.69) is 294 Å². The summed E-state index contributed by atoms with van der Waals surface area (Å²) in [6.45, 7) is 14.0. The van der Waals surface area contributed by atoms with E-state index in [1.54, 1.807) is 0 Å². The number of aromatic nitrogens is 1. The summed E-state index contributed by atoms with van der Waals surface area (Å²) in [6.07, 6.45) is 0. The Hall–Kier alpha value is -8.50. The van der Waals surface area contributed by atoms with Crippen LogP contribution in [0.25, 0.3) is 103 Å². The Morgan fingerprint density at radius 2 is 0.920 bits per heavy atom. The Balaban J connectivity index is 1.01. The second kappa shape index (κ2) is 18.2. The third-order valence-electron chi connectivity index (χ3n) is 15.3. The fourth-order valence-corrected chi connectivity index (χ4v) is 12.5. The number of fused-ring (bicyclic) bond motifs is 7. The molecule has 0 aliphatic heterocycles. The van der Waals surface area contributed by atoms with E-state index in [0.717, 1.165) is 39.4 Å². The van der Waals surface area contributed by atoms with Gasteiger partial charge in [0.05, 0.1) is 16.7 Å². The van der Waals surface area contributed by atoms with E-state index in [4.69, 9.17) is 0 Å². The Bertz CT molecular complexity index is 4270. The highest BCUT2D eigenvalue weighted by Gasteiger charge is 2.25. The van der Waals surface area contributed by atoms with E-state index in [1.165, 1.54) is 91.7 Å². The van der Waals surface area contributed by atoms with Crippen molar-refractivity contribution in [3.63, 3.8) is 0 Å². The Kier molecular flexibility index (Phi) is 11.2. The molecule has 13 rings (SSSR count). The highest BCUT2D eigenvalue weighted by atomic mass is 32.1. The summed E-state index contributed by atoms with van der Waals surface area (Å²) in [5.41, 5.74) is 19.1. The lowest BCUT2D eigenvalue weighted by atomic mass is 9.78. The van der Waals surface area contributed by atoms with Crippen LogP contribution in [0.1, 0.15) is 52.7 Å². The molecular weight excluding hydrogens is 925 g/mol. The third kappa shape index (κ3) is 8.20. The van der Waals surface area contributed by atoms with Crippen LogP contribution in [0.2, 0.25) is 0 Å². The van der Waals surface area contributed by atoms with Crippen molar-refractivity contribution in [2.24, 2.45) is 0 Å². The molecule has 0 fully saturated rings. The summed E-state index contributed by atoms with van der Waals surface area (Å²) in [5.74, 6) is 0. The topological polar surface area (TPSA) is 8.17 Å². The van der Waals surface area contributed by atoms with Crippen LogP contribution in [0, 0.1) is 0 Å². The molecule has 2 nitrogen and oxygen atoms in total. The van der Waals surface area contributed by atoms with Crippen LogP contribution in [0.3, 0.4) is 0 Å². The molecule has 0 saturated heterocycles. The van der Waals surface area contributed by atoms with Gasteiger partial charge in [-0.2, -0.15) is 0 Å². The first-order chi connectivity index (χ1) is 36.5. The Morgan fingerprint density at radius 3 is 1.68 bits per heavy atom. The van der Waals surface area contributed by atoms with Gasteiger partial charge in [0.25, 0.3) is 0 Å². The molecule has 0 spiro atoms. The van der Waals surface area contributed by atoms with E-state index in [-0.39, 0.29) is 10.8 Å². The minimum Gasteiger partial charge on any atom is -0.310 e. The number of nitrogens with zero attached hydrogens (tertiary/aromatic N) is 2. The minimum atomic E-state index is -0.0172. The van der Waals surface area contributed by atoms with Gasteiger partial charge in [-0.25, -0.2) is 0 Å². The molecule has 0 radical (unpaired) electrons. The molecule has 0 amide bonds. The third-order valence-corrected chi connectivity index (χ3v) is 16.4. The Labute approximate surface area is 444 Å². The van der Waals surface area contributed by atoms with Gasteiger partial charge in [0.2, 0.25) is 0 Å². The lowest BCUT2D eigenvalue weighted by Gasteiger charge is -2.29. The van der Waals surface area contributed by atoms with Crippen molar-refractivity contribution in [3.8, 4) is 50.2 Å². The summed E-state index contributed by atoms with van der Waals surface area (Å²) in [4.78, 5) is 2.47. The lowest BCUT2D eigenvalue weighted by Crippen LogP contribution is -2.16. The number of rotatable bonds is 8. The zero-order valence-corrected chi connectivity index (χ0v) is 44.2. The molecule has 13 aromatic rings. The average molecular weight is 983 g/mol. The summed E-state index contributed by atoms with van der Waals surface area (Å²) in [5, 5.41) is 7.58. The minimum absolute atomic E-state index is 0.0172. The quantitative estimate of drug-likeness (QED) is 0.147. The first-order valence-corrected chi connectivity index (χ1v) is 27.1. The number of hydrogen-bond acceptors (Lipinski definition) is 2. The molecule has 362 valence electrons. The molecule has 2 heterocycles. The van der Waals surface area contributed by atoms with Crippen molar-refractivity contribution in [2.75, 3.05) is 4.90 Å². The van der Waals surface area contributed by atoms with Crippen LogP contribution in [-0.4, -0.2) is 4.57 Å². The SMILES string of the molecule is CC(C)(C)c1cc(-c2cccc3cccc(-c4ccccc4N(c4ccc(-c5cccc6sc7ccccc7c56)cc4)c4cccc(-c5ccc6c7ccccc7n(-c7ccccc7)c6c5)c4)c23)cc(C(C)(C)C)c1. The van der Waals surface area contributed by atoms with E-state index in [1.807, 2.05) is 11.3 Å². The molecule has 0 aliphatic carbocycles. The number of hydrogen-bond donors (Lipinski definition) is 0. The monoisotopic (exact) mass is 982 g/mol. The van der Waals surface area contributed by atoms with Crippen LogP contribution in [0.15, 0.2) is 243 Å². The van der Waals surface area contributed by atoms with Crippen LogP contribution >= 0.6 is 11.3 Å². The highest BCUT2D eigenvalue weighted by molar-refractivity contribution is 7.25. The first-order valence-electron chi connectivity index (χ1n) is 26.2. The molecule has 0 N–H and O–H groups in total. The zero-order valence-electron chi connectivity index (χ0n) is 43.4. The van der Waals surface area contributed by atoms with Crippen molar-refractivity contribution in [2.45, 2.75) is 52.4 Å². The van der Waals surface area contributed by atoms with Gasteiger partial charge < -0.3 is 9.47 Å². The first kappa shape index (κ1) is 46.3. The maximum absolute atomic E-state index is 2.47. The molecule has 2 aromatic heterocycles. The number of para-hydroxylation sites is 3. The molecule has 0 bridgehead atoms. The smallest absolute Gasteiger partial charge is 0.0547 e. The van der Waals surface area contributed by atoms with Crippen LogP contribution < -0.4 is 4.90 Å². The normalized spacial score (nSPS) is 12.1. The number of anilines is 3. The second-order valence-electron chi connectivity index (χ2n) is 22.2. The fourth-order valence-electron chi connectivity index (χ4n) is 11.4. The zero-order chi connectivity index (χ0) is 51.0. The maximum atomic E-state index is 2.47. The van der Waals surface area contributed by atoms with E-state index in [0.29, 0.717) is 0 Å². The van der Waals surface area contributed by atoms with E-state index in [9.17, 15) is 0 Å². The molecular formula is C72H58N2S. The van der Waals surface area contributed by atoms with E-state index >= 15 is 0 Å². The lowest BCUT2D eigenvalue weighted by molar-refractivity contribution is 0.569. The summed E-state index contributed by atoms with van der Waals surface area (Å²) in [7, 11) is 0. The predicted octanol–water partition coefficient (Wildman–Crippen LogP) is 21.0. The maximum Gasteiger partial charge on any atom is 0.0547 e. The average Bonchev–Trinajstić information content (AvgIpc) is 4.04. The van der Waals surface area contributed by atoms with Crippen molar-refractivity contribution >= 4 is 81.1 Å². The van der Waals surface area contributed by atoms with Gasteiger partial charge >= 0.3 is 0 Å². The van der Waals surface area contributed by atoms with Crippen molar-refractivity contribution in [1.82, 2.24) is 4.57 Å². The van der Waals surface area contributed by atoms with Crippen LogP contribution in [0.4, 0.5) is 17.1 Å². The fraction of sp³-hybridized carbons (Fsp3) is 0.111. The van der Waals surface area contributed by atoms with E-state index < -0.39 is 0 Å². The van der Waals surface area contributed by atoms with Crippen molar-refractivity contribution in [1.29, 1.82) is 0 Å². The van der Waals surface area contributed by atoms with Crippen molar-refractivity contribution < 1.29 is 0 Å². The second-order valence-corrected chi connectivity index (χ2v) is 23.2. The number of benzene rings is 11. The standard InChI is InChI=1S/C72H58N2S/c1-71(2,3)52-42-51(43-53(46-52)72(4,5)6)58-29-17-20-48-21-18-31-62(69(48)58)60-27-11-13-32-64(60)73(55-39-36-47(37-40-55)57-30-19-35-68-70(57)63-28-12-15-34-67(63)75-68)56-25-16-22-49(44-56)50-38-41-61-59-26-10-14-33-65(59)74(66(61)45-50)54-23-8-7-9-24-54/h7-46H,1-6H3. The number of thiophene rings is 1. The molecule has 11 aromatic carbocycles. The van der Waals surface area contributed by atoms with Gasteiger partial charge in [-0.15, -0.1) is 11.3 Å². The molecule has 0 atom stereocenters. The summed E-state index contributed by atoms with van der Waals surface area (Å²) < 4.78 is 5.03. The van der Waals surface area contributed by atoms with Crippen LogP contribution in [0.5, 0.6) is 0 Å². The molecule has 0 saturated carbocycles. The molecule has 75 heavy (non-hydrogen) atoms. The molecule has 0 unspecified atom stereocenters. The summed E-state index contributed by atoms with van der Waals surface area (Å²) in [6, 6.07) is 90.4. The molecule has 3 heteroatoms. The van der Waals surface area contributed by atoms with Gasteiger partial charge in [-0.05, 0) is 138 Å². The van der Waals surface area contributed by atoms with Gasteiger partial charge in [0, 0.05) is 53.6 Å². The largest absolute Gasteiger partial charge is 0.310 e. The van der Waals surface area contributed by atoms with Gasteiger partial charge in [-0.3, -0.25) is 0 Å². The Morgan fingerprint density at radius 1 is 0.347 bits per heavy atom. The predicted molar refractivity (Wildman–Crippen MR) is 325 cm³/mol. The van der Waals surface area contributed by atoms with Crippen molar-refractivity contribution in [3.05, 3.63) is 254 Å². The van der Waals surface area contributed by atoms with Crippen LogP contribution in [-0.2, 0) is 10.8 Å². The molecule has 0 aliphatic rings. The highest BCUT2D eigenvalue weighted by Crippen LogP contribution is 2.48. The van der Waals surface area contributed by atoms with Gasteiger partial charge in [0.1, 0.15) is 0 Å².